The average Bonchev–Trinajstić information content (AvgIpc) is 2.54. The molecule has 1 aromatic carbocycles. The van der Waals surface area contributed by atoms with Crippen molar-refractivity contribution in [1.82, 2.24) is 4.98 Å². The van der Waals surface area contributed by atoms with Crippen molar-refractivity contribution in [3.8, 4) is 11.8 Å². The number of nitrogens with zero attached hydrogens (tertiary/aromatic N) is 2. The first kappa shape index (κ1) is 21.5. The van der Waals surface area contributed by atoms with Crippen molar-refractivity contribution in [3.63, 3.8) is 0 Å². The van der Waals surface area contributed by atoms with Gasteiger partial charge in [0.2, 0.25) is 0 Å². The summed E-state index contributed by atoms with van der Waals surface area (Å²) in [6, 6.07) is 8.45. The van der Waals surface area contributed by atoms with Gasteiger partial charge in [0.05, 0.1) is 17.2 Å². The van der Waals surface area contributed by atoms with Gasteiger partial charge in [0.25, 0.3) is 0 Å². The van der Waals surface area contributed by atoms with Crippen LogP contribution in [0.3, 0.4) is 0 Å². The van der Waals surface area contributed by atoms with Crippen LogP contribution in [0.2, 0.25) is 0 Å². The van der Waals surface area contributed by atoms with E-state index in [1.54, 1.807) is 25.3 Å². The summed E-state index contributed by atoms with van der Waals surface area (Å²) >= 11 is 0. The first-order valence-electron chi connectivity index (χ1n) is 8.25. The Kier molecular flexibility index (Phi) is 7.63. The second-order valence-electron chi connectivity index (χ2n) is 6.54. The van der Waals surface area contributed by atoms with Crippen LogP contribution in [0.15, 0.2) is 36.5 Å². The zero-order valence-electron chi connectivity index (χ0n) is 15.6. The number of hydrogen-bond acceptors (Lipinski definition) is 3. The van der Waals surface area contributed by atoms with Crippen LogP contribution in [-0.2, 0) is 6.18 Å². The lowest BCUT2D eigenvalue weighted by atomic mass is 10.1. The van der Waals surface area contributed by atoms with Crippen LogP contribution in [-0.4, -0.2) is 4.98 Å². The Balaban J connectivity index is 0.000000765. The summed E-state index contributed by atoms with van der Waals surface area (Å²) in [4.78, 5) is 4.12. The summed E-state index contributed by atoms with van der Waals surface area (Å²) in [5.41, 5.74) is 0.170. The third-order valence-electron chi connectivity index (χ3n) is 3.13. The van der Waals surface area contributed by atoms with Crippen LogP contribution >= 0.6 is 0 Å². The Bertz CT molecular complexity index is 744. The number of nitriles is 1. The molecule has 1 aromatic heterocycles. The number of aryl methyl sites for hydroxylation is 1. The molecule has 0 aliphatic heterocycles. The molecular weight excluding hydrogens is 341 g/mol. The highest BCUT2D eigenvalue weighted by atomic mass is 19.4. The van der Waals surface area contributed by atoms with Gasteiger partial charge in [-0.3, -0.25) is 4.98 Å². The fourth-order valence-corrected chi connectivity index (χ4v) is 1.92. The molecule has 3 nitrogen and oxygen atoms in total. The Morgan fingerprint density at radius 1 is 1.08 bits per heavy atom. The predicted octanol–water partition coefficient (Wildman–Crippen LogP) is 6.08. The quantitative estimate of drug-likeness (QED) is 0.663. The number of halogens is 3. The van der Waals surface area contributed by atoms with E-state index in [1.807, 2.05) is 6.92 Å². The molecular formula is C20H23F3N2O. The monoisotopic (exact) mass is 364 g/mol. The van der Waals surface area contributed by atoms with Gasteiger partial charge in [0, 0.05) is 17.5 Å². The number of benzene rings is 1. The molecule has 2 aromatic rings. The Morgan fingerprint density at radius 2 is 1.69 bits per heavy atom. The Hall–Kier alpha value is -2.55. The predicted molar refractivity (Wildman–Crippen MR) is 94.7 cm³/mol. The van der Waals surface area contributed by atoms with Gasteiger partial charge in [-0.2, -0.15) is 18.4 Å². The summed E-state index contributed by atoms with van der Waals surface area (Å²) in [6.07, 6.45) is -3.44. The molecule has 2 rings (SSSR count). The summed E-state index contributed by atoms with van der Waals surface area (Å²) in [5.74, 6) is 0.888. The van der Waals surface area contributed by atoms with Crippen LogP contribution < -0.4 is 4.74 Å². The molecule has 0 N–H and O–H groups in total. The molecule has 0 radical (unpaired) electrons. The van der Waals surface area contributed by atoms with Gasteiger partial charge in [0.15, 0.2) is 0 Å². The number of pyridine rings is 1. The third kappa shape index (κ3) is 6.75. The lowest BCUT2D eigenvalue weighted by Crippen LogP contribution is -2.09. The molecule has 1 atom stereocenters. The Labute approximate surface area is 152 Å². The molecule has 0 aliphatic carbocycles. The molecule has 0 spiro atoms. The van der Waals surface area contributed by atoms with Crippen molar-refractivity contribution < 1.29 is 17.9 Å². The smallest absolute Gasteiger partial charge is 0.417 e. The van der Waals surface area contributed by atoms with E-state index in [0.29, 0.717) is 0 Å². The minimum absolute atomic E-state index is 0.0550. The minimum Gasteiger partial charge on any atom is -0.486 e. The van der Waals surface area contributed by atoms with Crippen molar-refractivity contribution in [1.29, 1.82) is 5.26 Å². The number of alkyl halides is 3. The molecule has 0 aliphatic rings. The highest BCUT2D eigenvalue weighted by Gasteiger charge is 2.34. The fraction of sp³-hybridized carbons (Fsp3) is 0.400. The first-order chi connectivity index (χ1) is 12.0. The molecule has 1 unspecified atom stereocenters. The van der Waals surface area contributed by atoms with Crippen LogP contribution in [0.1, 0.15) is 56.2 Å². The molecule has 0 saturated heterocycles. The molecule has 1 heterocycles. The normalized spacial score (nSPS) is 12.0. The highest BCUT2D eigenvalue weighted by molar-refractivity contribution is 5.44. The van der Waals surface area contributed by atoms with E-state index in [0.717, 1.165) is 29.3 Å². The lowest BCUT2D eigenvalue weighted by molar-refractivity contribution is -0.137. The lowest BCUT2D eigenvalue weighted by Gasteiger charge is -2.17. The zero-order chi connectivity index (χ0) is 19.9. The summed E-state index contributed by atoms with van der Waals surface area (Å²) in [6.45, 7) is 10.1. The maximum atomic E-state index is 12.9. The zero-order valence-corrected chi connectivity index (χ0v) is 15.6. The van der Waals surface area contributed by atoms with Gasteiger partial charge in [-0.15, -0.1) is 0 Å². The summed E-state index contributed by atoms with van der Waals surface area (Å²) < 4.78 is 44.2. The molecule has 6 heteroatoms. The molecule has 26 heavy (non-hydrogen) atoms. The van der Waals surface area contributed by atoms with E-state index in [4.69, 9.17) is 10.00 Å². The molecule has 0 saturated carbocycles. The Morgan fingerprint density at radius 3 is 2.15 bits per heavy atom. The number of ether oxygens (including phenoxy) is 1. The fourth-order valence-electron chi connectivity index (χ4n) is 1.92. The van der Waals surface area contributed by atoms with Crippen LogP contribution in [0, 0.1) is 24.2 Å². The van der Waals surface area contributed by atoms with E-state index in [-0.39, 0.29) is 5.75 Å². The maximum Gasteiger partial charge on any atom is 0.417 e. The SMILES string of the molecule is CC(C)C.Cc1ccc(C(C)Oc2ccc(C#N)c(C(F)(F)F)c2)cn1. The van der Waals surface area contributed by atoms with Gasteiger partial charge in [-0.25, -0.2) is 0 Å². The van der Waals surface area contributed by atoms with Crippen LogP contribution in [0.5, 0.6) is 5.75 Å². The van der Waals surface area contributed by atoms with Crippen molar-refractivity contribution in [2.45, 2.75) is 46.9 Å². The van der Waals surface area contributed by atoms with Crippen molar-refractivity contribution in [2.75, 3.05) is 0 Å². The molecule has 0 bridgehead atoms. The van der Waals surface area contributed by atoms with Crippen molar-refractivity contribution in [2.24, 2.45) is 5.92 Å². The maximum absolute atomic E-state index is 12.9. The summed E-state index contributed by atoms with van der Waals surface area (Å²) in [7, 11) is 0. The second kappa shape index (κ2) is 9.23. The topological polar surface area (TPSA) is 45.9 Å². The number of aromatic nitrogens is 1. The van der Waals surface area contributed by atoms with Crippen molar-refractivity contribution >= 4 is 0 Å². The molecule has 140 valence electrons. The average molecular weight is 364 g/mol. The largest absolute Gasteiger partial charge is 0.486 e. The third-order valence-corrected chi connectivity index (χ3v) is 3.13. The van der Waals surface area contributed by atoms with Gasteiger partial charge < -0.3 is 4.74 Å². The molecule has 0 fully saturated rings. The second-order valence-corrected chi connectivity index (χ2v) is 6.54. The van der Waals surface area contributed by atoms with E-state index in [2.05, 4.69) is 25.8 Å². The summed E-state index contributed by atoms with van der Waals surface area (Å²) in [5, 5.41) is 8.76. The van der Waals surface area contributed by atoms with Crippen molar-refractivity contribution in [3.05, 3.63) is 58.9 Å². The minimum atomic E-state index is -4.60. The molecule has 0 amide bonds. The van der Waals surface area contributed by atoms with Crippen LogP contribution in [0.25, 0.3) is 0 Å². The van der Waals surface area contributed by atoms with E-state index < -0.39 is 23.4 Å². The first-order valence-corrected chi connectivity index (χ1v) is 8.25. The van der Waals surface area contributed by atoms with Crippen LogP contribution in [0.4, 0.5) is 13.2 Å². The van der Waals surface area contributed by atoms with Gasteiger partial charge >= 0.3 is 6.18 Å². The van der Waals surface area contributed by atoms with Gasteiger partial charge in [-0.1, -0.05) is 26.8 Å². The highest BCUT2D eigenvalue weighted by Crippen LogP contribution is 2.35. The van der Waals surface area contributed by atoms with Gasteiger partial charge in [-0.05, 0) is 44.0 Å². The van der Waals surface area contributed by atoms with E-state index >= 15 is 0 Å². The number of hydrogen-bond donors (Lipinski definition) is 0. The standard InChI is InChI=1S/C16H13F3N2O.C4H10/c1-10-3-4-13(9-21-10)11(2)22-14-6-5-12(8-20)15(7-14)16(17,18)19;1-4(2)3/h3-7,9,11H,1-2H3;4H,1-3H3. The van der Waals surface area contributed by atoms with E-state index in [1.165, 1.54) is 12.1 Å². The number of rotatable bonds is 3. The van der Waals surface area contributed by atoms with Gasteiger partial charge in [0.1, 0.15) is 11.9 Å². The van der Waals surface area contributed by atoms with E-state index in [9.17, 15) is 13.2 Å².